The van der Waals surface area contributed by atoms with Crippen LogP contribution in [-0.2, 0) is 0 Å². The van der Waals surface area contributed by atoms with Gasteiger partial charge in [0, 0.05) is 10.8 Å². The highest BCUT2D eigenvalue weighted by atomic mass is 16.3. The van der Waals surface area contributed by atoms with E-state index in [9.17, 15) is 5.11 Å². The van der Waals surface area contributed by atoms with Crippen LogP contribution in [0.25, 0.3) is 32.7 Å². The standard InChI is InChI=1S/C21H16O/c1-14-10-12-15(13-11-14)20-16-6-2-4-8-18(16)21(22)19-9-5-3-7-17(19)20/h2-13,22H,1H3. The SMILES string of the molecule is Cc1ccc(-c2c3ccccc3c(O)c3ccccc23)cc1. The third-order valence-electron chi connectivity index (χ3n) is 4.24. The minimum atomic E-state index is 0.363. The molecule has 0 saturated heterocycles. The van der Waals surface area contributed by atoms with Crippen molar-refractivity contribution in [1.29, 1.82) is 0 Å². The van der Waals surface area contributed by atoms with Gasteiger partial charge in [-0.25, -0.2) is 0 Å². The van der Waals surface area contributed by atoms with E-state index in [1.807, 2.05) is 36.4 Å². The lowest BCUT2D eigenvalue weighted by Gasteiger charge is -2.14. The fourth-order valence-corrected chi connectivity index (χ4v) is 3.14. The maximum atomic E-state index is 10.6. The van der Waals surface area contributed by atoms with Crippen LogP contribution in [0, 0.1) is 6.92 Å². The van der Waals surface area contributed by atoms with E-state index in [1.54, 1.807) is 0 Å². The largest absolute Gasteiger partial charge is 0.507 e. The molecular weight excluding hydrogens is 268 g/mol. The predicted molar refractivity (Wildman–Crippen MR) is 93.3 cm³/mol. The van der Waals surface area contributed by atoms with Crippen LogP contribution in [-0.4, -0.2) is 5.11 Å². The molecule has 0 unspecified atom stereocenters. The average molecular weight is 284 g/mol. The highest BCUT2D eigenvalue weighted by molar-refractivity contribution is 6.16. The Bertz CT molecular complexity index is 925. The summed E-state index contributed by atoms with van der Waals surface area (Å²) >= 11 is 0. The third kappa shape index (κ3) is 1.86. The molecule has 4 rings (SSSR count). The van der Waals surface area contributed by atoms with Crippen molar-refractivity contribution in [2.75, 3.05) is 0 Å². The molecule has 0 aliphatic heterocycles. The summed E-state index contributed by atoms with van der Waals surface area (Å²) in [5.74, 6) is 0.363. The second kappa shape index (κ2) is 4.88. The minimum absolute atomic E-state index is 0.363. The van der Waals surface area contributed by atoms with E-state index in [0.717, 1.165) is 21.5 Å². The summed E-state index contributed by atoms with van der Waals surface area (Å²) in [6.45, 7) is 2.09. The Morgan fingerprint density at radius 3 is 1.55 bits per heavy atom. The van der Waals surface area contributed by atoms with Gasteiger partial charge in [-0.2, -0.15) is 0 Å². The lowest BCUT2D eigenvalue weighted by molar-refractivity contribution is 0.488. The van der Waals surface area contributed by atoms with E-state index < -0.39 is 0 Å². The minimum Gasteiger partial charge on any atom is -0.507 e. The second-order valence-corrected chi connectivity index (χ2v) is 5.68. The monoisotopic (exact) mass is 284 g/mol. The maximum absolute atomic E-state index is 10.6. The summed E-state index contributed by atoms with van der Waals surface area (Å²) in [6, 6.07) is 24.7. The van der Waals surface area contributed by atoms with Crippen LogP contribution in [0.3, 0.4) is 0 Å². The van der Waals surface area contributed by atoms with Gasteiger partial charge < -0.3 is 5.11 Å². The molecule has 0 aromatic heterocycles. The van der Waals surface area contributed by atoms with E-state index in [0.29, 0.717) is 5.75 Å². The van der Waals surface area contributed by atoms with Gasteiger partial charge in [0.05, 0.1) is 0 Å². The molecule has 0 saturated carbocycles. The van der Waals surface area contributed by atoms with Gasteiger partial charge in [-0.3, -0.25) is 0 Å². The van der Waals surface area contributed by atoms with E-state index in [4.69, 9.17) is 0 Å². The van der Waals surface area contributed by atoms with Gasteiger partial charge in [-0.1, -0.05) is 78.4 Å². The van der Waals surface area contributed by atoms with Crippen LogP contribution in [0.2, 0.25) is 0 Å². The molecule has 1 heteroatoms. The number of hydrogen-bond acceptors (Lipinski definition) is 1. The third-order valence-corrected chi connectivity index (χ3v) is 4.24. The number of phenols is 1. The molecule has 0 aliphatic carbocycles. The Kier molecular flexibility index (Phi) is 2.87. The average Bonchev–Trinajstić information content (AvgIpc) is 2.57. The molecule has 22 heavy (non-hydrogen) atoms. The first kappa shape index (κ1) is 12.9. The molecule has 4 aromatic rings. The van der Waals surface area contributed by atoms with Crippen LogP contribution in [0.4, 0.5) is 0 Å². The molecule has 0 bridgehead atoms. The van der Waals surface area contributed by atoms with Gasteiger partial charge in [-0.15, -0.1) is 0 Å². The van der Waals surface area contributed by atoms with Crippen LogP contribution in [0.5, 0.6) is 5.75 Å². The first-order valence-electron chi connectivity index (χ1n) is 7.45. The van der Waals surface area contributed by atoms with Crippen LogP contribution >= 0.6 is 0 Å². The Morgan fingerprint density at radius 1 is 0.591 bits per heavy atom. The topological polar surface area (TPSA) is 20.2 Å². The van der Waals surface area contributed by atoms with Gasteiger partial charge in [0.25, 0.3) is 0 Å². The van der Waals surface area contributed by atoms with E-state index in [1.165, 1.54) is 16.7 Å². The Balaban J connectivity index is 2.23. The molecule has 0 fully saturated rings. The van der Waals surface area contributed by atoms with Crippen LogP contribution in [0.1, 0.15) is 5.56 Å². The molecule has 106 valence electrons. The first-order chi connectivity index (χ1) is 10.8. The fraction of sp³-hybridized carbons (Fsp3) is 0.0476. The van der Waals surface area contributed by atoms with Crippen molar-refractivity contribution in [1.82, 2.24) is 0 Å². The Hall–Kier alpha value is -2.80. The van der Waals surface area contributed by atoms with Gasteiger partial charge >= 0.3 is 0 Å². The molecule has 1 N–H and O–H groups in total. The zero-order chi connectivity index (χ0) is 15.1. The summed E-state index contributed by atoms with van der Waals surface area (Å²) < 4.78 is 0. The summed E-state index contributed by atoms with van der Waals surface area (Å²) in [4.78, 5) is 0. The van der Waals surface area contributed by atoms with Crippen molar-refractivity contribution in [3.05, 3.63) is 78.4 Å². The molecule has 1 nitrogen and oxygen atoms in total. The summed E-state index contributed by atoms with van der Waals surface area (Å²) in [5.41, 5.74) is 3.61. The molecule has 4 aromatic carbocycles. The molecule has 0 atom stereocenters. The second-order valence-electron chi connectivity index (χ2n) is 5.68. The summed E-state index contributed by atoms with van der Waals surface area (Å²) in [7, 11) is 0. The van der Waals surface area contributed by atoms with Crippen molar-refractivity contribution in [3.63, 3.8) is 0 Å². The van der Waals surface area contributed by atoms with E-state index >= 15 is 0 Å². The van der Waals surface area contributed by atoms with Crippen LogP contribution < -0.4 is 0 Å². The maximum Gasteiger partial charge on any atom is 0.131 e. The number of fused-ring (bicyclic) bond motifs is 2. The van der Waals surface area contributed by atoms with Gasteiger partial charge in [0.15, 0.2) is 0 Å². The highest BCUT2D eigenvalue weighted by Crippen LogP contribution is 2.42. The van der Waals surface area contributed by atoms with Crippen molar-refractivity contribution < 1.29 is 5.11 Å². The van der Waals surface area contributed by atoms with Crippen molar-refractivity contribution >= 4 is 21.5 Å². The van der Waals surface area contributed by atoms with Gasteiger partial charge in [0.2, 0.25) is 0 Å². The van der Waals surface area contributed by atoms with Crippen molar-refractivity contribution in [2.45, 2.75) is 6.92 Å². The van der Waals surface area contributed by atoms with Gasteiger partial charge in [-0.05, 0) is 28.8 Å². The molecule has 0 spiro atoms. The summed E-state index contributed by atoms with van der Waals surface area (Å²) in [6.07, 6.45) is 0. The van der Waals surface area contributed by atoms with Gasteiger partial charge in [0.1, 0.15) is 5.75 Å². The summed E-state index contributed by atoms with van der Waals surface area (Å²) in [5, 5.41) is 14.6. The Labute approximate surface area is 129 Å². The first-order valence-corrected chi connectivity index (χ1v) is 7.45. The van der Waals surface area contributed by atoms with E-state index in [-0.39, 0.29) is 0 Å². The quantitative estimate of drug-likeness (QED) is 0.446. The number of aryl methyl sites for hydroxylation is 1. The number of aromatic hydroxyl groups is 1. The molecule has 0 heterocycles. The Morgan fingerprint density at radius 2 is 1.05 bits per heavy atom. The zero-order valence-corrected chi connectivity index (χ0v) is 12.4. The van der Waals surface area contributed by atoms with Crippen molar-refractivity contribution in [3.8, 4) is 16.9 Å². The van der Waals surface area contributed by atoms with Crippen LogP contribution in [0.15, 0.2) is 72.8 Å². The van der Waals surface area contributed by atoms with Crippen molar-refractivity contribution in [2.24, 2.45) is 0 Å². The lowest BCUT2D eigenvalue weighted by atomic mass is 9.91. The zero-order valence-electron chi connectivity index (χ0n) is 12.4. The molecular formula is C21H16O. The normalized spacial score (nSPS) is 11.1. The molecule has 0 amide bonds. The smallest absolute Gasteiger partial charge is 0.131 e. The lowest BCUT2D eigenvalue weighted by Crippen LogP contribution is -1.87. The number of rotatable bonds is 1. The molecule has 0 aliphatic rings. The van der Waals surface area contributed by atoms with E-state index in [2.05, 4.69) is 43.3 Å². The number of hydrogen-bond donors (Lipinski definition) is 1. The predicted octanol–water partition coefficient (Wildman–Crippen LogP) is 5.67. The fourth-order valence-electron chi connectivity index (χ4n) is 3.14. The number of phenolic OH excluding ortho intramolecular Hbond substituents is 1. The molecule has 0 radical (unpaired) electrons. The number of benzene rings is 4. The highest BCUT2D eigenvalue weighted by Gasteiger charge is 2.13.